The van der Waals surface area contributed by atoms with Crippen molar-refractivity contribution in [3.63, 3.8) is 0 Å². The molecule has 1 unspecified atom stereocenters. The molecule has 0 aliphatic carbocycles. The number of anilines is 1. The summed E-state index contributed by atoms with van der Waals surface area (Å²) in [7, 11) is 1.85. The number of rotatable bonds is 3. The highest BCUT2D eigenvalue weighted by Gasteiger charge is 2.12. The zero-order valence-electron chi connectivity index (χ0n) is 9.03. The number of carbonyl (C=O) groups is 1. The van der Waals surface area contributed by atoms with Crippen LogP contribution >= 0.6 is 11.6 Å². The first kappa shape index (κ1) is 11.9. The SMILES string of the molecule is CC(=O)OC(C)N(C)c1cccc(Cl)c1. The highest BCUT2D eigenvalue weighted by molar-refractivity contribution is 6.30. The molecular formula is C11H14ClNO2. The second-order valence-electron chi connectivity index (χ2n) is 3.30. The van der Waals surface area contributed by atoms with Gasteiger partial charge >= 0.3 is 5.97 Å². The lowest BCUT2D eigenvalue weighted by molar-refractivity contribution is -0.145. The van der Waals surface area contributed by atoms with Gasteiger partial charge in [-0.3, -0.25) is 4.79 Å². The zero-order valence-corrected chi connectivity index (χ0v) is 9.78. The van der Waals surface area contributed by atoms with Gasteiger partial charge in [-0.05, 0) is 25.1 Å². The van der Waals surface area contributed by atoms with Gasteiger partial charge in [0, 0.05) is 24.7 Å². The Hall–Kier alpha value is -1.22. The molecule has 0 bridgehead atoms. The second kappa shape index (κ2) is 5.03. The van der Waals surface area contributed by atoms with E-state index in [1.54, 1.807) is 6.07 Å². The Balaban J connectivity index is 2.75. The Kier molecular flexibility index (Phi) is 3.97. The fourth-order valence-corrected chi connectivity index (χ4v) is 1.41. The molecule has 0 N–H and O–H groups in total. The molecule has 15 heavy (non-hydrogen) atoms. The predicted molar refractivity (Wildman–Crippen MR) is 61.1 cm³/mol. The fraction of sp³-hybridized carbons (Fsp3) is 0.364. The Morgan fingerprint density at radius 1 is 1.53 bits per heavy atom. The first-order valence-corrected chi connectivity index (χ1v) is 5.04. The van der Waals surface area contributed by atoms with Crippen molar-refractivity contribution in [3.05, 3.63) is 29.3 Å². The topological polar surface area (TPSA) is 29.5 Å². The lowest BCUT2D eigenvalue weighted by atomic mass is 10.3. The van der Waals surface area contributed by atoms with Gasteiger partial charge in [-0.2, -0.15) is 0 Å². The van der Waals surface area contributed by atoms with Crippen molar-refractivity contribution < 1.29 is 9.53 Å². The van der Waals surface area contributed by atoms with Crippen molar-refractivity contribution in [3.8, 4) is 0 Å². The van der Waals surface area contributed by atoms with Gasteiger partial charge in [0.25, 0.3) is 0 Å². The molecule has 82 valence electrons. The highest BCUT2D eigenvalue weighted by Crippen LogP contribution is 2.20. The third-order valence-electron chi connectivity index (χ3n) is 2.10. The van der Waals surface area contributed by atoms with Crippen LogP contribution < -0.4 is 4.90 Å². The molecule has 0 aliphatic rings. The Bertz CT molecular complexity index is 354. The average Bonchev–Trinajstić information content (AvgIpc) is 2.15. The Labute approximate surface area is 94.6 Å². The number of benzene rings is 1. The Morgan fingerprint density at radius 2 is 2.20 bits per heavy atom. The smallest absolute Gasteiger partial charge is 0.304 e. The lowest BCUT2D eigenvalue weighted by Gasteiger charge is -2.26. The van der Waals surface area contributed by atoms with E-state index in [9.17, 15) is 4.79 Å². The van der Waals surface area contributed by atoms with Gasteiger partial charge in [-0.15, -0.1) is 0 Å². The molecule has 1 aromatic carbocycles. The molecular weight excluding hydrogens is 214 g/mol. The normalized spacial score (nSPS) is 12.0. The van der Waals surface area contributed by atoms with Crippen molar-refractivity contribution in [2.45, 2.75) is 20.1 Å². The number of esters is 1. The molecule has 0 saturated heterocycles. The minimum absolute atomic E-state index is 0.295. The molecule has 0 aromatic heterocycles. The van der Waals surface area contributed by atoms with Crippen LogP contribution in [0.4, 0.5) is 5.69 Å². The standard InChI is InChI=1S/C11H14ClNO2/c1-8(15-9(2)14)13(3)11-6-4-5-10(12)7-11/h4-8H,1-3H3. The first-order chi connectivity index (χ1) is 7.00. The number of carbonyl (C=O) groups excluding carboxylic acids is 1. The van der Waals surface area contributed by atoms with Crippen LogP contribution in [0.3, 0.4) is 0 Å². The van der Waals surface area contributed by atoms with Gasteiger partial charge in [-0.1, -0.05) is 17.7 Å². The molecule has 0 radical (unpaired) electrons. The van der Waals surface area contributed by atoms with E-state index in [4.69, 9.17) is 16.3 Å². The summed E-state index contributed by atoms with van der Waals surface area (Å²) in [5.41, 5.74) is 0.913. The van der Waals surface area contributed by atoms with E-state index in [0.29, 0.717) is 5.02 Å². The maximum absolute atomic E-state index is 10.8. The summed E-state index contributed by atoms with van der Waals surface area (Å²) >= 11 is 5.86. The van der Waals surface area contributed by atoms with Gasteiger partial charge in [0.1, 0.15) is 0 Å². The van der Waals surface area contributed by atoms with Gasteiger partial charge in [0.15, 0.2) is 6.23 Å². The number of hydrogen-bond donors (Lipinski definition) is 0. The van der Waals surface area contributed by atoms with Crippen LogP contribution in [0.2, 0.25) is 5.02 Å². The summed E-state index contributed by atoms with van der Waals surface area (Å²) in [4.78, 5) is 12.6. The maximum atomic E-state index is 10.8. The van der Waals surface area contributed by atoms with E-state index < -0.39 is 0 Å². The second-order valence-corrected chi connectivity index (χ2v) is 3.74. The maximum Gasteiger partial charge on any atom is 0.304 e. The predicted octanol–water partition coefficient (Wildman–Crippen LogP) is 2.69. The van der Waals surface area contributed by atoms with E-state index in [1.165, 1.54) is 6.92 Å². The van der Waals surface area contributed by atoms with Crippen LogP contribution in [0.5, 0.6) is 0 Å². The van der Waals surface area contributed by atoms with Crippen molar-refractivity contribution in [2.75, 3.05) is 11.9 Å². The van der Waals surface area contributed by atoms with Crippen molar-refractivity contribution in [2.24, 2.45) is 0 Å². The Morgan fingerprint density at radius 3 is 2.73 bits per heavy atom. The summed E-state index contributed by atoms with van der Waals surface area (Å²) in [6, 6.07) is 7.39. The monoisotopic (exact) mass is 227 g/mol. The van der Waals surface area contributed by atoms with E-state index in [1.807, 2.05) is 37.1 Å². The quantitative estimate of drug-likeness (QED) is 0.587. The molecule has 3 nitrogen and oxygen atoms in total. The lowest BCUT2D eigenvalue weighted by Crippen LogP contribution is -2.32. The largest absolute Gasteiger partial charge is 0.442 e. The minimum atomic E-state index is -0.305. The minimum Gasteiger partial charge on any atom is -0.442 e. The molecule has 1 atom stereocenters. The summed E-state index contributed by atoms with van der Waals surface area (Å²) < 4.78 is 5.05. The van der Waals surface area contributed by atoms with E-state index >= 15 is 0 Å². The van der Waals surface area contributed by atoms with E-state index in [-0.39, 0.29) is 12.2 Å². The number of nitrogens with zero attached hydrogens (tertiary/aromatic N) is 1. The van der Waals surface area contributed by atoms with Gasteiger partial charge < -0.3 is 9.64 Å². The molecule has 0 saturated carbocycles. The molecule has 0 spiro atoms. The summed E-state index contributed by atoms with van der Waals surface area (Å²) in [6.07, 6.45) is -0.305. The third kappa shape index (κ3) is 3.44. The van der Waals surface area contributed by atoms with Crippen molar-refractivity contribution >= 4 is 23.3 Å². The fourth-order valence-electron chi connectivity index (χ4n) is 1.22. The van der Waals surface area contributed by atoms with Crippen molar-refractivity contribution in [1.82, 2.24) is 0 Å². The van der Waals surface area contributed by atoms with Crippen LogP contribution in [0.25, 0.3) is 0 Å². The van der Waals surface area contributed by atoms with Crippen LogP contribution in [0, 0.1) is 0 Å². The van der Waals surface area contributed by atoms with Crippen LogP contribution in [-0.2, 0) is 9.53 Å². The molecule has 0 amide bonds. The highest BCUT2D eigenvalue weighted by atomic mass is 35.5. The van der Waals surface area contributed by atoms with Gasteiger partial charge in [-0.25, -0.2) is 0 Å². The molecule has 0 heterocycles. The zero-order chi connectivity index (χ0) is 11.4. The van der Waals surface area contributed by atoms with Crippen LogP contribution in [0.15, 0.2) is 24.3 Å². The average molecular weight is 228 g/mol. The summed E-state index contributed by atoms with van der Waals surface area (Å²) in [6.45, 7) is 3.20. The molecule has 1 rings (SSSR count). The number of ether oxygens (including phenoxy) is 1. The number of hydrogen-bond acceptors (Lipinski definition) is 3. The third-order valence-corrected chi connectivity index (χ3v) is 2.33. The van der Waals surface area contributed by atoms with Gasteiger partial charge in [0.2, 0.25) is 0 Å². The van der Waals surface area contributed by atoms with Crippen LogP contribution in [-0.4, -0.2) is 19.2 Å². The molecule has 4 heteroatoms. The van der Waals surface area contributed by atoms with E-state index in [0.717, 1.165) is 5.69 Å². The van der Waals surface area contributed by atoms with Crippen molar-refractivity contribution in [1.29, 1.82) is 0 Å². The summed E-state index contributed by atoms with van der Waals surface area (Å²) in [5.74, 6) is -0.295. The number of halogens is 1. The molecule has 0 aliphatic heterocycles. The van der Waals surface area contributed by atoms with Gasteiger partial charge in [0.05, 0.1) is 0 Å². The molecule has 0 fully saturated rings. The molecule has 1 aromatic rings. The summed E-state index contributed by atoms with van der Waals surface area (Å²) in [5, 5.41) is 0.661. The van der Waals surface area contributed by atoms with Crippen LogP contribution in [0.1, 0.15) is 13.8 Å². The van der Waals surface area contributed by atoms with E-state index in [2.05, 4.69) is 0 Å². The first-order valence-electron chi connectivity index (χ1n) is 4.66.